The van der Waals surface area contributed by atoms with E-state index in [1.807, 2.05) is 20.8 Å². The smallest absolute Gasteiger partial charge is 0.410 e. The van der Waals surface area contributed by atoms with Crippen molar-refractivity contribution in [1.82, 2.24) is 9.80 Å². The van der Waals surface area contributed by atoms with Gasteiger partial charge in [0.15, 0.2) is 0 Å². The molecular formula is C16H28N2O3. The molecule has 2 aliphatic rings. The number of ether oxygens (including phenoxy) is 2. The lowest BCUT2D eigenvalue weighted by Crippen LogP contribution is -2.66. The Kier molecular flexibility index (Phi) is 4.63. The third-order valence-electron chi connectivity index (χ3n) is 4.20. The van der Waals surface area contributed by atoms with Crippen molar-refractivity contribution >= 4 is 6.09 Å². The van der Waals surface area contributed by atoms with E-state index in [4.69, 9.17) is 9.47 Å². The number of nitrogens with zero attached hydrogens (tertiary/aromatic N) is 2. The maximum Gasteiger partial charge on any atom is 0.410 e. The Hall–Kier alpha value is -1.07. The van der Waals surface area contributed by atoms with Crippen LogP contribution in [0.5, 0.6) is 0 Å². The lowest BCUT2D eigenvalue weighted by Gasteiger charge is -2.50. The Bertz CT molecular complexity index is 408. The topological polar surface area (TPSA) is 42.0 Å². The molecule has 0 aromatic rings. The second-order valence-corrected chi connectivity index (χ2v) is 7.19. The van der Waals surface area contributed by atoms with Gasteiger partial charge in [-0.1, -0.05) is 12.2 Å². The highest BCUT2D eigenvalue weighted by atomic mass is 16.6. The van der Waals surface area contributed by atoms with E-state index in [1.54, 1.807) is 12.0 Å². The molecule has 1 fully saturated rings. The lowest BCUT2D eigenvalue weighted by molar-refractivity contribution is -0.131. The van der Waals surface area contributed by atoms with Crippen molar-refractivity contribution < 1.29 is 14.3 Å². The molecule has 5 heteroatoms. The highest BCUT2D eigenvalue weighted by Crippen LogP contribution is 2.32. The monoisotopic (exact) mass is 296 g/mol. The van der Waals surface area contributed by atoms with Gasteiger partial charge in [0.1, 0.15) is 11.2 Å². The number of likely N-dealkylation sites (tertiary alicyclic amines) is 1. The molecule has 2 aliphatic heterocycles. The SMILES string of the molecule is COC1(CC2C=CCCN2C)CN(C(=O)OC(C)(C)C)C1. The summed E-state index contributed by atoms with van der Waals surface area (Å²) >= 11 is 0. The standard InChI is InChI=1S/C16H28N2O3/c1-15(2,3)21-14(19)18-11-16(12-18,20-5)10-13-8-6-7-9-17(13)4/h6,8,13H,7,9-12H2,1-5H3. The molecule has 5 nitrogen and oxygen atoms in total. The summed E-state index contributed by atoms with van der Waals surface area (Å²) in [5.41, 5.74) is -0.688. The number of carbonyl (C=O) groups excluding carboxylic acids is 1. The maximum atomic E-state index is 12.0. The summed E-state index contributed by atoms with van der Waals surface area (Å²) in [4.78, 5) is 16.1. The zero-order valence-electron chi connectivity index (χ0n) is 13.9. The van der Waals surface area contributed by atoms with E-state index in [-0.39, 0.29) is 11.7 Å². The molecule has 0 spiro atoms. The van der Waals surface area contributed by atoms with Crippen LogP contribution in [0.2, 0.25) is 0 Å². The molecule has 1 amide bonds. The lowest BCUT2D eigenvalue weighted by atomic mass is 9.85. The van der Waals surface area contributed by atoms with Crippen LogP contribution in [0.4, 0.5) is 4.79 Å². The Morgan fingerprint density at radius 2 is 2.05 bits per heavy atom. The maximum absolute atomic E-state index is 12.0. The second-order valence-electron chi connectivity index (χ2n) is 7.19. The number of hydrogen-bond donors (Lipinski definition) is 0. The second kappa shape index (κ2) is 5.97. The first kappa shape index (κ1) is 16.3. The van der Waals surface area contributed by atoms with Crippen LogP contribution in [-0.2, 0) is 9.47 Å². The number of methoxy groups -OCH3 is 1. The van der Waals surface area contributed by atoms with Gasteiger partial charge in [0, 0.05) is 19.7 Å². The molecule has 0 aromatic heterocycles. The fourth-order valence-electron chi connectivity index (χ4n) is 2.90. The van der Waals surface area contributed by atoms with Gasteiger partial charge in [-0.05, 0) is 40.7 Å². The van der Waals surface area contributed by atoms with E-state index in [0.29, 0.717) is 19.1 Å². The molecule has 2 heterocycles. The normalized spacial score (nSPS) is 25.6. The van der Waals surface area contributed by atoms with Crippen molar-refractivity contribution in [2.75, 3.05) is 33.8 Å². The van der Waals surface area contributed by atoms with Crippen LogP contribution in [0.3, 0.4) is 0 Å². The average Bonchev–Trinajstić information content (AvgIpc) is 2.33. The first-order valence-corrected chi connectivity index (χ1v) is 7.65. The van der Waals surface area contributed by atoms with Gasteiger partial charge < -0.3 is 14.4 Å². The molecule has 2 rings (SSSR count). The molecule has 120 valence electrons. The van der Waals surface area contributed by atoms with Crippen molar-refractivity contribution in [3.63, 3.8) is 0 Å². The Morgan fingerprint density at radius 3 is 2.57 bits per heavy atom. The molecule has 1 saturated heterocycles. The van der Waals surface area contributed by atoms with Crippen LogP contribution in [0.15, 0.2) is 12.2 Å². The first-order valence-electron chi connectivity index (χ1n) is 7.65. The predicted molar refractivity (Wildman–Crippen MR) is 82.3 cm³/mol. The number of carbonyl (C=O) groups is 1. The van der Waals surface area contributed by atoms with E-state index >= 15 is 0 Å². The van der Waals surface area contributed by atoms with Crippen molar-refractivity contribution in [3.8, 4) is 0 Å². The largest absolute Gasteiger partial charge is 0.444 e. The van der Waals surface area contributed by atoms with Crippen LogP contribution >= 0.6 is 0 Å². The Balaban J connectivity index is 1.90. The van der Waals surface area contributed by atoms with Crippen LogP contribution in [-0.4, -0.2) is 66.9 Å². The highest BCUT2D eigenvalue weighted by molar-refractivity contribution is 5.69. The number of likely N-dealkylation sites (N-methyl/N-ethyl adjacent to an activating group) is 1. The molecule has 0 radical (unpaired) electrons. The molecule has 21 heavy (non-hydrogen) atoms. The predicted octanol–water partition coefficient (Wildman–Crippen LogP) is 2.27. The minimum atomic E-state index is -0.450. The summed E-state index contributed by atoms with van der Waals surface area (Å²) in [5, 5.41) is 0. The average molecular weight is 296 g/mol. The van der Waals surface area contributed by atoms with Crippen molar-refractivity contribution in [2.24, 2.45) is 0 Å². The molecular weight excluding hydrogens is 268 g/mol. The van der Waals surface area contributed by atoms with Gasteiger partial charge in [-0.3, -0.25) is 4.90 Å². The number of amides is 1. The van der Waals surface area contributed by atoms with Gasteiger partial charge >= 0.3 is 6.09 Å². The quantitative estimate of drug-likeness (QED) is 0.749. The summed E-state index contributed by atoms with van der Waals surface area (Å²) in [7, 11) is 3.88. The summed E-state index contributed by atoms with van der Waals surface area (Å²) in [6.07, 6.45) is 6.26. The van der Waals surface area contributed by atoms with Crippen LogP contribution < -0.4 is 0 Å². The third-order valence-corrected chi connectivity index (χ3v) is 4.20. The van der Waals surface area contributed by atoms with E-state index < -0.39 is 5.60 Å². The summed E-state index contributed by atoms with van der Waals surface area (Å²) < 4.78 is 11.1. The molecule has 0 aliphatic carbocycles. The van der Waals surface area contributed by atoms with Crippen molar-refractivity contribution in [3.05, 3.63) is 12.2 Å². The zero-order valence-corrected chi connectivity index (χ0v) is 13.9. The fourth-order valence-corrected chi connectivity index (χ4v) is 2.90. The van der Waals surface area contributed by atoms with Crippen LogP contribution in [0.25, 0.3) is 0 Å². The fraction of sp³-hybridized carbons (Fsp3) is 0.812. The minimum absolute atomic E-state index is 0.239. The number of hydrogen-bond acceptors (Lipinski definition) is 4. The summed E-state index contributed by atoms with van der Waals surface area (Å²) in [6.45, 7) is 7.95. The summed E-state index contributed by atoms with van der Waals surface area (Å²) in [5.74, 6) is 0. The number of rotatable bonds is 3. The molecule has 1 unspecified atom stereocenters. The molecule has 0 saturated carbocycles. The molecule has 0 bridgehead atoms. The van der Waals surface area contributed by atoms with Crippen LogP contribution in [0, 0.1) is 0 Å². The van der Waals surface area contributed by atoms with E-state index in [1.165, 1.54) is 0 Å². The third kappa shape index (κ3) is 3.98. The van der Waals surface area contributed by atoms with Crippen LogP contribution in [0.1, 0.15) is 33.6 Å². The van der Waals surface area contributed by atoms with Gasteiger partial charge in [0.25, 0.3) is 0 Å². The van der Waals surface area contributed by atoms with Gasteiger partial charge in [0.05, 0.1) is 13.1 Å². The van der Waals surface area contributed by atoms with E-state index in [2.05, 4.69) is 24.1 Å². The van der Waals surface area contributed by atoms with Gasteiger partial charge in [-0.2, -0.15) is 0 Å². The summed E-state index contributed by atoms with van der Waals surface area (Å²) in [6, 6.07) is 0.388. The molecule has 1 atom stereocenters. The van der Waals surface area contributed by atoms with Gasteiger partial charge in [0.2, 0.25) is 0 Å². The Morgan fingerprint density at radius 1 is 1.38 bits per heavy atom. The van der Waals surface area contributed by atoms with E-state index in [9.17, 15) is 4.79 Å². The zero-order chi connectivity index (χ0) is 15.7. The first-order chi connectivity index (χ1) is 9.75. The minimum Gasteiger partial charge on any atom is -0.444 e. The molecule has 0 aromatic carbocycles. The van der Waals surface area contributed by atoms with Crippen molar-refractivity contribution in [2.45, 2.75) is 50.9 Å². The van der Waals surface area contributed by atoms with Crippen molar-refractivity contribution in [1.29, 1.82) is 0 Å². The molecule has 0 N–H and O–H groups in total. The highest BCUT2D eigenvalue weighted by Gasteiger charge is 2.48. The van der Waals surface area contributed by atoms with Gasteiger partial charge in [-0.25, -0.2) is 4.79 Å². The van der Waals surface area contributed by atoms with Gasteiger partial charge in [-0.15, -0.1) is 0 Å². The van der Waals surface area contributed by atoms with E-state index in [0.717, 1.165) is 19.4 Å². The Labute approximate surface area is 127 Å².